The Morgan fingerprint density at radius 2 is 1.95 bits per heavy atom. The van der Waals surface area contributed by atoms with E-state index in [9.17, 15) is 5.26 Å². The van der Waals surface area contributed by atoms with E-state index in [0.29, 0.717) is 11.1 Å². The summed E-state index contributed by atoms with van der Waals surface area (Å²) in [7, 11) is -2.15. The minimum atomic E-state index is -2.15. The number of rotatable bonds is 3. The third-order valence-corrected chi connectivity index (χ3v) is 8.40. The Hall–Kier alpha value is -1.40. The first-order valence-electron chi connectivity index (χ1n) is 6.26. The van der Waals surface area contributed by atoms with E-state index in [-0.39, 0.29) is 10.2 Å². The maximum absolute atomic E-state index is 9.40. The van der Waals surface area contributed by atoms with Crippen molar-refractivity contribution in [2.75, 3.05) is 0 Å². The van der Waals surface area contributed by atoms with E-state index < -0.39 is 14.4 Å². The van der Waals surface area contributed by atoms with Crippen molar-refractivity contribution >= 4 is 19.9 Å². The highest BCUT2D eigenvalue weighted by molar-refractivity contribution is 6.74. The summed E-state index contributed by atoms with van der Waals surface area (Å²) in [5.41, 5.74) is 0.694. The molecule has 0 aliphatic heterocycles. The largest absolute Gasteiger partial charge is 0.398 e. The molecule has 1 atom stereocenters. The van der Waals surface area contributed by atoms with E-state index in [4.69, 9.17) is 21.3 Å². The number of halogens is 1. The number of nitriles is 2. The van der Waals surface area contributed by atoms with Crippen molar-refractivity contribution < 1.29 is 4.43 Å². The van der Waals surface area contributed by atoms with Gasteiger partial charge >= 0.3 is 0 Å². The summed E-state index contributed by atoms with van der Waals surface area (Å²) in [4.78, 5) is 3.95. The van der Waals surface area contributed by atoms with Gasteiger partial charge in [-0.25, -0.2) is 4.98 Å². The van der Waals surface area contributed by atoms with Crippen LogP contribution in [0, 0.1) is 22.7 Å². The van der Waals surface area contributed by atoms with Gasteiger partial charge in [0.15, 0.2) is 14.4 Å². The maximum atomic E-state index is 9.40. The Morgan fingerprint density at radius 1 is 1.35 bits per heavy atom. The highest BCUT2D eigenvalue weighted by atomic mass is 35.5. The lowest BCUT2D eigenvalue weighted by molar-refractivity contribution is 0.235. The van der Waals surface area contributed by atoms with E-state index in [1.807, 2.05) is 19.2 Å². The lowest BCUT2D eigenvalue weighted by Gasteiger charge is -2.37. The van der Waals surface area contributed by atoms with Crippen LogP contribution >= 0.6 is 11.6 Å². The van der Waals surface area contributed by atoms with Gasteiger partial charge in [-0.1, -0.05) is 32.4 Å². The molecule has 0 radical (unpaired) electrons. The third-order valence-electron chi connectivity index (χ3n) is 3.66. The number of aromatic nitrogens is 1. The second-order valence-corrected chi connectivity index (χ2v) is 11.2. The molecule has 0 spiro atoms. The van der Waals surface area contributed by atoms with Crippen LogP contribution in [0.1, 0.15) is 38.0 Å². The van der Waals surface area contributed by atoms with Crippen molar-refractivity contribution in [3.8, 4) is 12.1 Å². The Labute approximate surface area is 126 Å². The molecule has 6 heteroatoms. The first-order valence-corrected chi connectivity index (χ1v) is 9.54. The molecule has 0 amide bonds. The number of hydrogen-bond acceptors (Lipinski definition) is 4. The summed E-state index contributed by atoms with van der Waals surface area (Å²) in [6, 6.07) is 5.68. The van der Waals surface area contributed by atoms with Gasteiger partial charge in [-0.05, 0) is 24.2 Å². The molecule has 0 N–H and O–H groups in total. The molecule has 0 aliphatic rings. The predicted octanol–water partition coefficient (Wildman–Crippen LogP) is 4.19. The molecule has 0 bridgehead atoms. The van der Waals surface area contributed by atoms with Crippen molar-refractivity contribution in [1.29, 1.82) is 10.5 Å². The monoisotopic (exact) mass is 307 g/mol. The van der Waals surface area contributed by atoms with Gasteiger partial charge in [0.05, 0.1) is 17.7 Å². The molecule has 0 aromatic carbocycles. The van der Waals surface area contributed by atoms with Gasteiger partial charge in [0, 0.05) is 11.8 Å². The molecule has 1 unspecified atom stereocenters. The Morgan fingerprint density at radius 3 is 2.40 bits per heavy atom. The molecule has 4 nitrogen and oxygen atoms in total. The highest BCUT2D eigenvalue weighted by Gasteiger charge is 2.40. The summed E-state index contributed by atoms with van der Waals surface area (Å²) in [5.74, 6) is 0. The third kappa shape index (κ3) is 3.37. The van der Waals surface area contributed by atoms with Gasteiger partial charge in [0.25, 0.3) is 0 Å². The van der Waals surface area contributed by atoms with Gasteiger partial charge in [0.1, 0.15) is 5.15 Å². The minimum absolute atomic E-state index is 0.0381. The standard InChI is InChI=1S/C14H18ClN3OSi/c1-14(2,3)20(4,5)19-11(9-17)12-10(8-16)6-7-18-13(12)15/h6-7,11H,1-5H3. The fraction of sp³-hybridized carbons (Fsp3) is 0.500. The second kappa shape index (κ2) is 5.93. The highest BCUT2D eigenvalue weighted by Crippen LogP contribution is 2.40. The average Bonchev–Trinajstić information content (AvgIpc) is 2.34. The van der Waals surface area contributed by atoms with E-state index in [1.165, 1.54) is 6.20 Å². The van der Waals surface area contributed by atoms with Crippen molar-refractivity contribution in [2.45, 2.75) is 45.0 Å². The maximum Gasteiger partial charge on any atom is 0.194 e. The lowest BCUT2D eigenvalue weighted by atomic mass is 10.1. The molecule has 1 aromatic rings. The molecule has 1 rings (SSSR count). The van der Waals surface area contributed by atoms with Crippen LogP contribution in [0.3, 0.4) is 0 Å². The molecule has 106 valence electrons. The van der Waals surface area contributed by atoms with Crippen molar-refractivity contribution in [1.82, 2.24) is 4.98 Å². The Kier molecular flexibility index (Phi) is 4.93. The van der Waals surface area contributed by atoms with Gasteiger partial charge in [-0.2, -0.15) is 10.5 Å². The zero-order valence-corrected chi connectivity index (χ0v) is 14.1. The predicted molar refractivity (Wildman–Crippen MR) is 80.6 cm³/mol. The molecule has 1 aromatic heterocycles. The fourth-order valence-electron chi connectivity index (χ4n) is 1.42. The van der Waals surface area contributed by atoms with Crippen LogP contribution in [0.25, 0.3) is 0 Å². The molecular formula is C14H18ClN3OSi. The van der Waals surface area contributed by atoms with E-state index in [0.717, 1.165) is 0 Å². The summed E-state index contributed by atoms with van der Waals surface area (Å²) in [6.45, 7) is 10.4. The summed E-state index contributed by atoms with van der Waals surface area (Å²) in [6.07, 6.45) is 0.581. The average molecular weight is 308 g/mol. The Balaban J connectivity index is 3.25. The molecule has 1 heterocycles. The quantitative estimate of drug-likeness (QED) is 0.620. The normalized spacial score (nSPS) is 13.4. The van der Waals surface area contributed by atoms with Gasteiger partial charge in [0.2, 0.25) is 0 Å². The number of nitrogens with zero attached hydrogens (tertiary/aromatic N) is 3. The molecule has 0 aliphatic carbocycles. The molecule has 0 saturated carbocycles. The van der Waals surface area contributed by atoms with E-state index in [2.05, 4.69) is 31.8 Å². The van der Waals surface area contributed by atoms with E-state index in [1.54, 1.807) is 6.07 Å². The van der Waals surface area contributed by atoms with Gasteiger partial charge in [-0.15, -0.1) is 0 Å². The molecule has 0 saturated heterocycles. The first-order chi connectivity index (χ1) is 9.14. The zero-order valence-electron chi connectivity index (χ0n) is 12.4. The summed E-state index contributed by atoms with van der Waals surface area (Å²) in [5, 5.41) is 18.7. The van der Waals surface area contributed by atoms with Crippen molar-refractivity contribution in [3.63, 3.8) is 0 Å². The Bertz CT molecular complexity index is 582. The summed E-state index contributed by atoms with van der Waals surface area (Å²) >= 11 is 6.05. The van der Waals surface area contributed by atoms with Gasteiger partial charge in [-0.3, -0.25) is 0 Å². The van der Waals surface area contributed by atoms with Crippen LogP contribution in [-0.2, 0) is 4.43 Å². The smallest absolute Gasteiger partial charge is 0.194 e. The second-order valence-electron chi connectivity index (χ2n) is 6.06. The SMILES string of the molecule is CC(C)(C)[Si](C)(C)OC(C#N)c1c(C#N)ccnc1Cl. The first kappa shape index (κ1) is 16.7. The van der Waals surface area contributed by atoms with E-state index >= 15 is 0 Å². The number of hydrogen-bond donors (Lipinski definition) is 0. The topological polar surface area (TPSA) is 69.7 Å². The molecule has 0 fully saturated rings. The number of pyridine rings is 1. The van der Waals surface area contributed by atoms with Crippen molar-refractivity contribution in [2.24, 2.45) is 0 Å². The molecule has 20 heavy (non-hydrogen) atoms. The van der Waals surface area contributed by atoms with Crippen LogP contribution < -0.4 is 0 Å². The summed E-state index contributed by atoms with van der Waals surface area (Å²) < 4.78 is 6.06. The van der Waals surface area contributed by atoms with Crippen LogP contribution in [0.15, 0.2) is 12.3 Å². The molecular weight excluding hydrogens is 290 g/mol. The lowest BCUT2D eigenvalue weighted by Crippen LogP contribution is -2.41. The van der Waals surface area contributed by atoms with Crippen LogP contribution in [0.4, 0.5) is 0 Å². The minimum Gasteiger partial charge on any atom is -0.398 e. The van der Waals surface area contributed by atoms with Crippen LogP contribution in [0.2, 0.25) is 23.3 Å². The zero-order chi connectivity index (χ0) is 15.6. The van der Waals surface area contributed by atoms with Gasteiger partial charge < -0.3 is 4.43 Å². The fourth-order valence-corrected chi connectivity index (χ4v) is 2.79. The van der Waals surface area contributed by atoms with Crippen LogP contribution in [-0.4, -0.2) is 13.3 Å². The van der Waals surface area contributed by atoms with Crippen LogP contribution in [0.5, 0.6) is 0 Å². The van der Waals surface area contributed by atoms with Crippen molar-refractivity contribution in [3.05, 3.63) is 28.5 Å².